The number of nitrogens with zero attached hydrogens (tertiary/aromatic N) is 3. The lowest BCUT2D eigenvalue weighted by Crippen LogP contribution is -1.96. The highest BCUT2D eigenvalue weighted by atomic mass is 16.3. The van der Waals surface area contributed by atoms with Crippen LogP contribution in [0.2, 0.25) is 0 Å². The number of rotatable bonds is 4. The van der Waals surface area contributed by atoms with E-state index in [2.05, 4.69) is 35.3 Å². The van der Waals surface area contributed by atoms with Gasteiger partial charge in [-0.15, -0.1) is 0 Å². The molecule has 4 nitrogen and oxygen atoms in total. The van der Waals surface area contributed by atoms with Crippen LogP contribution in [0.3, 0.4) is 0 Å². The Morgan fingerprint density at radius 2 is 1.14 bits per heavy atom. The lowest BCUT2D eigenvalue weighted by molar-refractivity contribution is 0.476. The minimum Gasteiger partial charge on any atom is -0.508 e. The molecule has 2 heterocycles. The van der Waals surface area contributed by atoms with Crippen LogP contribution in [0.25, 0.3) is 55.9 Å². The second-order valence-corrected chi connectivity index (χ2v) is 8.34. The highest BCUT2D eigenvalue weighted by Gasteiger charge is 2.13. The normalized spacial score (nSPS) is 11.0. The molecule has 0 bridgehead atoms. The van der Waals surface area contributed by atoms with Gasteiger partial charge in [0, 0.05) is 34.3 Å². The van der Waals surface area contributed by atoms with E-state index in [1.54, 1.807) is 18.3 Å². The van der Waals surface area contributed by atoms with Gasteiger partial charge in [0.25, 0.3) is 0 Å². The van der Waals surface area contributed by atoms with Crippen LogP contribution in [0.5, 0.6) is 5.75 Å². The van der Waals surface area contributed by atoms with Crippen molar-refractivity contribution in [1.82, 2.24) is 15.0 Å². The lowest BCUT2D eigenvalue weighted by Gasteiger charge is -2.11. The maximum Gasteiger partial charge on any atom is 0.160 e. The molecular formula is C31H21N3O. The number of aromatic nitrogens is 3. The van der Waals surface area contributed by atoms with Gasteiger partial charge >= 0.3 is 0 Å². The van der Waals surface area contributed by atoms with Crippen LogP contribution < -0.4 is 0 Å². The Kier molecular flexibility index (Phi) is 5.24. The molecule has 0 amide bonds. The second-order valence-electron chi connectivity index (χ2n) is 8.34. The predicted molar refractivity (Wildman–Crippen MR) is 141 cm³/mol. The molecule has 0 saturated heterocycles. The summed E-state index contributed by atoms with van der Waals surface area (Å²) in [4.78, 5) is 14.3. The van der Waals surface area contributed by atoms with Crippen molar-refractivity contribution in [2.75, 3.05) is 0 Å². The van der Waals surface area contributed by atoms with E-state index in [-0.39, 0.29) is 5.75 Å². The predicted octanol–water partition coefficient (Wildman–Crippen LogP) is 7.40. The molecular weight excluding hydrogens is 430 g/mol. The van der Waals surface area contributed by atoms with E-state index in [1.807, 2.05) is 72.8 Å². The molecule has 0 aliphatic heterocycles. The van der Waals surface area contributed by atoms with E-state index in [0.29, 0.717) is 5.82 Å². The highest BCUT2D eigenvalue weighted by Crippen LogP contribution is 2.34. The van der Waals surface area contributed by atoms with Crippen molar-refractivity contribution in [1.29, 1.82) is 0 Å². The van der Waals surface area contributed by atoms with Gasteiger partial charge in [0.05, 0.1) is 16.9 Å². The summed E-state index contributed by atoms with van der Waals surface area (Å²) in [5.41, 5.74) is 7.34. The maximum atomic E-state index is 10.3. The third kappa shape index (κ3) is 4.13. The first-order chi connectivity index (χ1) is 17.2. The first-order valence-electron chi connectivity index (χ1n) is 11.4. The van der Waals surface area contributed by atoms with E-state index in [0.717, 1.165) is 50.1 Å². The number of phenols is 1. The first kappa shape index (κ1) is 20.8. The van der Waals surface area contributed by atoms with E-state index in [9.17, 15) is 5.11 Å². The third-order valence-electron chi connectivity index (χ3n) is 6.00. The molecule has 1 N–H and O–H groups in total. The van der Waals surface area contributed by atoms with Gasteiger partial charge in [0.1, 0.15) is 5.75 Å². The van der Waals surface area contributed by atoms with Crippen molar-refractivity contribution in [3.05, 3.63) is 121 Å². The molecule has 166 valence electrons. The van der Waals surface area contributed by atoms with Gasteiger partial charge < -0.3 is 5.11 Å². The Hall–Kier alpha value is -4.83. The summed E-state index contributed by atoms with van der Waals surface area (Å²) in [6.45, 7) is 0. The van der Waals surface area contributed by atoms with Gasteiger partial charge in [-0.1, -0.05) is 84.9 Å². The van der Waals surface area contributed by atoms with Crippen molar-refractivity contribution in [2.45, 2.75) is 0 Å². The fraction of sp³-hybridized carbons (Fsp3) is 0. The van der Waals surface area contributed by atoms with Crippen LogP contribution in [0.15, 0.2) is 121 Å². The molecule has 0 unspecified atom stereocenters. The summed E-state index contributed by atoms with van der Waals surface area (Å²) in [6.07, 6.45) is 1.73. The van der Waals surface area contributed by atoms with Crippen LogP contribution in [-0.4, -0.2) is 20.1 Å². The molecule has 0 aliphatic carbocycles. The summed E-state index contributed by atoms with van der Waals surface area (Å²) >= 11 is 0. The smallest absolute Gasteiger partial charge is 0.160 e. The molecule has 2 aromatic heterocycles. The number of hydrogen-bond acceptors (Lipinski definition) is 4. The van der Waals surface area contributed by atoms with Crippen molar-refractivity contribution in [2.24, 2.45) is 0 Å². The van der Waals surface area contributed by atoms with Gasteiger partial charge in [-0.25, -0.2) is 9.97 Å². The van der Waals surface area contributed by atoms with E-state index >= 15 is 0 Å². The number of benzene rings is 4. The van der Waals surface area contributed by atoms with Gasteiger partial charge in [-0.3, -0.25) is 4.98 Å². The fourth-order valence-corrected chi connectivity index (χ4v) is 4.32. The number of hydrogen-bond donors (Lipinski definition) is 1. The Balaban J connectivity index is 1.53. The van der Waals surface area contributed by atoms with Gasteiger partial charge in [0.15, 0.2) is 5.82 Å². The van der Waals surface area contributed by atoms with Crippen LogP contribution in [-0.2, 0) is 0 Å². The van der Waals surface area contributed by atoms with Crippen LogP contribution in [0, 0.1) is 0 Å². The molecule has 6 rings (SSSR count). The van der Waals surface area contributed by atoms with E-state index in [1.165, 1.54) is 0 Å². The minimum absolute atomic E-state index is 0.185. The second kappa shape index (κ2) is 8.84. The topological polar surface area (TPSA) is 58.9 Å². The summed E-state index contributed by atoms with van der Waals surface area (Å²) in [7, 11) is 0. The minimum atomic E-state index is 0.185. The molecule has 35 heavy (non-hydrogen) atoms. The van der Waals surface area contributed by atoms with E-state index < -0.39 is 0 Å². The van der Waals surface area contributed by atoms with Crippen molar-refractivity contribution in [3.63, 3.8) is 0 Å². The SMILES string of the molecule is Oc1cc(-c2cccc(-c3nc(-c4ccccc4)cc(-c4ccccc4)n3)c2)c2cccnc2c1. The number of phenolic OH excluding ortho intramolecular Hbond substituents is 1. The Morgan fingerprint density at radius 1 is 0.514 bits per heavy atom. The van der Waals surface area contributed by atoms with Crippen molar-refractivity contribution >= 4 is 10.9 Å². The first-order valence-corrected chi connectivity index (χ1v) is 11.4. The molecule has 0 fully saturated rings. The Morgan fingerprint density at radius 3 is 1.83 bits per heavy atom. The Labute approximate surface area is 203 Å². The van der Waals surface area contributed by atoms with Crippen LogP contribution >= 0.6 is 0 Å². The Bertz CT molecular complexity index is 1590. The molecule has 0 aliphatic rings. The van der Waals surface area contributed by atoms with Gasteiger partial charge in [-0.05, 0) is 35.4 Å². The zero-order valence-corrected chi connectivity index (χ0v) is 18.8. The van der Waals surface area contributed by atoms with Gasteiger partial charge in [-0.2, -0.15) is 0 Å². The fourth-order valence-electron chi connectivity index (χ4n) is 4.32. The van der Waals surface area contributed by atoms with Gasteiger partial charge in [0.2, 0.25) is 0 Å². The largest absolute Gasteiger partial charge is 0.508 e. The monoisotopic (exact) mass is 451 g/mol. The van der Waals surface area contributed by atoms with Crippen molar-refractivity contribution in [3.8, 4) is 50.8 Å². The van der Waals surface area contributed by atoms with Crippen molar-refractivity contribution < 1.29 is 5.11 Å². The number of aromatic hydroxyl groups is 1. The summed E-state index contributed by atoms with van der Waals surface area (Å²) in [5.74, 6) is 0.833. The highest BCUT2D eigenvalue weighted by molar-refractivity contribution is 5.96. The average molecular weight is 452 g/mol. The lowest BCUT2D eigenvalue weighted by atomic mass is 9.98. The maximum absolute atomic E-state index is 10.3. The number of fused-ring (bicyclic) bond motifs is 1. The molecule has 4 aromatic carbocycles. The molecule has 6 aromatic rings. The summed E-state index contributed by atoms with van der Waals surface area (Å²) in [6, 6.07) is 37.8. The summed E-state index contributed by atoms with van der Waals surface area (Å²) < 4.78 is 0. The van der Waals surface area contributed by atoms with Crippen LogP contribution in [0.1, 0.15) is 0 Å². The molecule has 4 heteroatoms. The quantitative estimate of drug-likeness (QED) is 0.303. The van der Waals surface area contributed by atoms with E-state index in [4.69, 9.17) is 9.97 Å². The molecule has 0 atom stereocenters. The molecule has 0 spiro atoms. The third-order valence-corrected chi connectivity index (χ3v) is 6.00. The zero-order chi connectivity index (χ0) is 23.6. The standard InChI is InChI=1S/C31H21N3O/c35-25-18-27(26-15-8-16-32-30(26)19-25)23-13-7-14-24(17-23)31-33-28(21-9-3-1-4-10-21)20-29(34-31)22-11-5-2-6-12-22/h1-20,35H. The van der Waals surface area contributed by atoms with Crippen LogP contribution in [0.4, 0.5) is 0 Å². The average Bonchev–Trinajstić information content (AvgIpc) is 2.93. The number of pyridine rings is 1. The molecule has 0 radical (unpaired) electrons. The zero-order valence-electron chi connectivity index (χ0n) is 18.8. The molecule has 0 saturated carbocycles. The summed E-state index contributed by atoms with van der Waals surface area (Å²) in [5, 5.41) is 11.3.